The Balaban J connectivity index is 1.96. The Hall–Kier alpha value is -3.24. The maximum atomic E-state index is 12.8. The molecule has 3 rings (SSSR count). The molecule has 7 heteroatoms. The highest BCUT2D eigenvalue weighted by atomic mass is 32.2. The lowest BCUT2D eigenvalue weighted by molar-refractivity contribution is -0.115. The molecular formula is C21H19N3O3S. The van der Waals surface area contributed by atoms with E-state index in [4.69, 9.17) is 4.74 Å². The van der Waals surface area contributed by atoms with Crippen LogP contribution in [-0.4, -0.2) is 24.7 Å². The molecule has 0 aromatic heterocycles. The van der Waals surface area contributed by atoms with Crippen molar-refractivity contribution in [2.24, 2.45) is 0 Å². The minimum absolute atomic E-state index is 0.110. The second kappa shape index (κ2) is 8.63. The molecule has 1 N–H and O–H groups in total. The van der Waals surface area contributed by atoms with Crippen LogP contribution >= 0.6 is 11.8 Å². The van der Waals surface area contributed by atoms with E-state index < -0.39 is 5.91 Å². The quantitative estimate of drug-likeness (QED) is 0.618. The van der Waals surface area contributed by atoms with Crippen molar-refractivity contribution in [1.29, 1.82) is 5.26 Å². The number of aryl methyl sites for hydroxylation is 1. The van der Waals surface area contributed by atoms with E-state index in [0.29, 0.717) is 22.2 Å². The summed E-state index contributed by atoms with van der Waals surface area (Å²) in [6.45, 7) is 2.05. The summed E-state index contributed by atoms with van der Waals surface area (Å²) in [5.74, 6) is -0.0837. The monoisotopic (exact) mass is 393 g/mol. The number of anilines is 2. The van der Waals surface area contributed by atoms with E-state index >= 15 is 0 Å². The Morgan fingerprint density at radius 3 is 2.61 bits per heavy atom. The lowest BCUT2D eigenvalue weighted by Gasteiger charge is -2.19. The molecule has 6 nitrogen and oxygen atoms in total. The third-order valence-electron chi connectivity index (χ3n) is 4.30. The standard InChI is InChI=1S/C21H19N3O3S/c1-3-14-8-10-15(11-9-14)24-19(25)13-28-21(24)16(12-22)20(26)23-17-6-4-5-7-18(17)27-2/h4-11H,3,13H2,1-2H3,(H,23,26)/b21-16-. The van der Waals surface area contributed by atoms with Crippen molar-refractivity contribution in [3.63, 3.8) is 0 Å². The Morgan fingerprint density at radius 2 is 1.96 bits per heavy atom. The number of nitriles is 1. The van der Waals surface area contributed by atoms with Crippen molar-refractivity contribution in [3.05, 3.63) is 64.7 Å². The number of hydrogen-bond donors (Lipinski definition) is 1. The van der Waals surface area contributed by atoms with Gasteiger partial charge in [-0.2, -0.15) is 5.26 Å². The summed E-state index contributed by atoms with van der Waals surface area (Å²) in [4.78, 5) is 26.7. The highest BCUT2D eigenvalue weighted by Gasteiger charge is 2.33. The molecular weight excluding hydrogens is 374 g/mol. The molecule has 2 amide bonds. The van der Waals surface area contributed by atoms with Gasteiger partial charge in [0.05, 0.1) is 18.6 Å². The topological polar surface area (TPSA) is 82.4 Å². The van der Waals surface area contributed by atoms with Crippen LogP contribution in [0.3, 0.4) is 0 Å². The molecule has 2 aromatic rings. The fraction of sp³-hybridized carbons (Fsp3) is 0.190. The van der Waals surface area contributed by atoms with Crippen LogP contribution in [0.2, 0.25) is 0 Å². The summed E-state index contributed by atoms with van der Waals surface area (Å²) < 4.78 is 5.23. The summed E-state index contributed by atoms with van der Waals surface area (Å²) in [6, 6.07) is 16.4. The molecule has 1 saturated heterocycles. The van der Waals surface area contributed by atoms with Gasteiger partial charge < -0.3 is 10.1 Å². The second-order valence-electron chi connectivity index (χ2n) is 5.98. The van der Waals surface area contributed by atoms with Gasteiger partial charge in [-0.3, -0.25) is 14.5 Å². The molecule has 1 aliphatic heterocycles. The molecule has 0 radical (unpaired) electrons. The van der Waals surface area contributed by atoms with Crippen molar-refractivity contribution >= 4 is 35.0 Å². The number of nitrogens with zero attached hydrogens (tertiary/aromatic N) is 2. The average molecular weight is 393 g/mol. The third kappa shape index (κ3) is 3.87. The SMILES string of the molecule is CCc1ccc(N2C(=O)CS/C2=C(/C#N)C(=O)Nc2ccccc2OC)cc1. The van der Waals surface area contributed by atoms with Crippen molar-refractivity contribution in [2.75, 3.05) is 23.1 Å². The molecule has 0 bridgehead atoms. The van der Waals surface area contributed by atoms with Gasteiger partial charge in [0, 0.05) is 5.69 Å². The number of carbonyl (C=O) groups is 2. The first-order valence-corrected chi connectivity index (χ1v) is 9.71. The molecule has 1 heterocycles. The van der Waals surface area contributed by atoms with Crippen LogP contribution in [0.1, 0.15) is 12.5 Å². The number of hydrogen-bond acceptors (Lipinski definition) is 5. The molecule has 2 aromatic carbocycles. The number of para-hydroxylation sites is 2. The number of amides is 2. The van der Waals surface area contributed by atoms with Gasteiger partial charge in [0.25, 0.3) is 5.91 Å². The summed E-state index contributed by atoms with van der Waals surface area (Å²) >= 11 is 1.19. The fourth-order valence-corrected chi connectivity index (χ4v) is 3.84. The zero-order chi connectivity index (χ0) is 20.1. The van der Waals surface area contributed by atoms with E-state index in [0.717, 1.165) is 12.0 Å². The number of rotatable bonds is 5. The number of thioether (sulfide) groups is 1. The van der Waals surface area contributed by atoms with E-state index in [2.05, 4.69) is 5.32 Å². The van der Waals surface area contributed by atoms with Crippen LogP contribution in [0, 0.1) is 11.3 Å². The van der Waals surface area contributed by atoms with Gasteiger partial charge in [-0.05, 0) is 36.2 Å². The predicted molar refractivity (Wildman–Crippen MR) is 110 cm³/mol. The molecule has 1 fully saturated rings. The molecule has 0 atom stereocenters. The lowest BCUT2D eigenvalue weighted by atomic mass is 10.1. The summed E-state index contributed by atoms with van der Waals surface area (Å²) in [5, 5.41) is 12.7. The summed E-state index contributed by atoms with van der Waals surface area (Å²) in [5.41, 5.74) is 2.13. The van der Waals surface area contributed by atoms with E-state index in [9.17, 15) is 14.9 Å². The molecule has 0 unspecified atom stereocenters. The van der Waals surface area contributed by atoms with Crippen LogP contribution in [0.15, 0.2) is 59.1 Å². The van der Waals surface area contributed by atoms with E-state index in [1.165, 1.54) is 23.8 Å². The Kier molecular flexibility index (Phi) is 6.02. The normalized spacial score (nSPS) is 15.2. The van der Waals surface area contributed by atoms with E-state index in [-0.39, 0.29) is 17.2 Å². The molecule has 0 saturated carbocycles. The van der Waals surface area contributed by atoms with Gasteiger partial charge in [0.15, 0.2) is 0 Å². The maximum Gasteiger partial charge on any atom is 0.269 e. The van der Waals surface area contributed by atoms with Crippen LogP contribution in [0.25, 0.3) is 0 Å². The number of benzene rings is 2. The molecule has 0 aliphatic carbocycles. The Bertz CT molecular complexity index is 977. The number of nitrogens with one attached hydrogen (secondary N) is 1. The molecule has 1 aliphatic rings. The smallest absolute Gasteiger partial charge is 0.269 e. The minimum Gasteiger partial charge on any atom is -0.495 e. The van der Waals surface area contributed by atoms with E-state index in [1.807, 2.05) is 37.3 Å². The predicted octanol–water partition coefficient (Wildman–Crippen LogP) is 3.71. The first-order valence-electron chi connectivity index (χ1n) is 8.72. The highest BCUT2D eigenvalue weighted by Crippen LogP contribution is 2.36. The van der Waals surface area contributed by atoms with Crippen LogP contribution < -0.4 is 15.0 Å². The first kappa shape index (κ1) is 19.5. The van der Waals surface area contributed by atoms with Gasteiger partial charge in [-0.1, -0.05) is 43.0 Å². The van der Waals surface area contributed by atoms with Crippen molar-refractivity contribution in [2.45, 2.75) is 13.3 Å². The molecule has 28 heavy (non-hydrogen) atoms. The first-order chi connectivity index (χ1) is 13.6. The van der Waals surface area contributed by atoms with Crippen molar-refractivity contribution < 1.29 is 14.3 Å². The third-order valence-corrected chi connectivity index (χ3v) is 5.35. The lowest BCUT2D eigenvalue weighted by Crippen LogP contribution is -2.27. The number of methoxy groups -OCH3 is 1. The second-order valence-corrected chi connectivity index (χ2v) is 6.95. The van der Waals surface area contributed by atoms with Gasteiger partial charge in [0.2, 0.25) is 5.91 Å². The molecule has 142 valence electrons. The van der Waals surface area contributed by atoms with Crippen molar-refractivity contribution in [1.82, 2.24) is 0 Å². The van der Waals surface area contributed by atoms with Crippen LogP contribution in [-0.2, 0) is 16.0 Å². The zero-order valence-corrected chi connectivity index (χ0v) is 16.4. The summed E-state index contributed by atoms with van der Waals surface area (Å²) in [7, 11) is 1.50. The fourth-order valence-electron chi connectivity index (χ4n) is 2.83. The number of ether oxygens (including phenoxy) is 1. The van der Waals surface area contributed by atoms with Crippen LogP contribution in [0.4, 0.5) is 11.4 Å². The van der Waals surface area contributed by atoms with Gasteiger partial charge in [-0.25, -0.2) is 0 Å². The van der Waals surface area contributed by atoms with E-state index in [1.54, 1.807) is 24.3 Å². The Labute approximate surface area is 167 Å². The average Bonchev–Trinajstić information content (AvgIpc) is 3.10. The largest absolute Gasteiger partial charge is 0.495 e. The van der Waals surface area contributed by atoms with Crippen LogP contribution in [0.5, 0.6) is 5.75 Å². The maximum absolute atomic E-state index is 12.8. The highest BCUT2D eigenvalue weighted by molar-refractivity contribution is 8.04. The molecule has 0 spiro atoms. The van der Waals surface area contributed by atoms with Gasteiger partial charge in [-0.15, -0.1) is 0 Å². The summed E-state index contributed by atoms with van der Waals surface area (Å²) in [6.07, 6.45) is 0.885. The van der Waals surface area contributed by atoms with Gasteiger partial charge in [0.1, 0.15) is 22.4 Å². The zero-order valence-electron chi connectivity index (χ0n) is 15.6. The minimum atomic E-state index is -0.584. The Morgan fingerprint density at radius 1 is 1.25 bits per heavy atom. The van der Waals surface area contributed by atoms with Gasteiger partial charge >= 0.3 is 0 Å². The number of carbonyl (C=O) groups excluding carboxylic acids is 2. The van der Waals surface area contributed by atoms with Crippen molar-refractivity contribution in [3.8, 4) is 11.8 Å².